The molecule has 2 heterocycles. The second-order valence-electron chi connectivity index (χ2n) is 10.3. The molecule has 32 heavy (non-hydrogen) atoms. The summed E-state index contributed by atoms with van der Waals surface area (Å²) in [5.41, 5.74) is -1.49. The van der Waals surface area contributed by atoms with Crippen LogP contribution in [-0.2, 0) is 19.1 Å². The van der Waals surface area contributed by atoms with Gasteiger partial charge in [-0.15, -0.1) is 0 Å². The minimum absolute atomic E-state index is 0.0398. The third-order valence-electron chi connectivity index (χ3n) is 6.10. The molecule has 184 valence electrons. The van der Waals surface area contributed by atoms with E-state index in [4.69, 9.17) is 9.47 Å². The highest BCUT2D eigenvalue weighted by molar-refractivity contribution is 5.82. The van der Waals surface area contributed by atoms with Crippen molar-refractivity contribution in [3.05, 3.63) is 0 Å². The van der Waals surface area contributed by atoms with Gasteiger partial charge in [-0.3, -0.25) is 9.59 Å². The lowest BCUT2D eigenvalue weighted by Crippen LogP contribution is -2.56. The summed E-state index contributed by atoms with van der Waals surface area (Å²) in [7, 11) is 0. The van der Waals surface area contributed by atoms with Crippen molar-refractivity contribution in [3.63, 3.8) is 0 Å². The Kier molecular flexibility index (Phi) is 6.53. The quantitative estimate of drug-likeness (QED) is 0.420. The normalized spacial score (nSPS) is 31.7. The molecule has 0 spiro atoms. The van der Waals surface area contributed by atoms with Gasteiger partial charge in [-0.05, 0) is 30.1 Å². The Morgan fingerprint density at radius 3 is 1.84 bits per heavy atom. The molecule has 6 nitrogen and oxygen atoms in total. The zero-order chi connectivity index (χ0) is 24.1. The van der Waals surface area contributed by atoms with E-state index in [0.29, 0.717) is 11.3 Å². The number of carbonyl (C=O) groups excluding carboxylic acids is 2. The second kappa shape index (κ2) is 8.34. The lowest BCUT2D eigenvalue weighted by atomic mass is 9.62. The number of hydrogen-bond donors (Lipinski definition) is 0. The van der Waals surface area contributed by atoms with E-state index in [1.54, 1.807) is 20.8 Å². The van der Waals surface area contributed by atoms with E-state index in [9.17, 15) is 35.9 Å². The molecule has 3 fully saturated rings. The van der Waals surface area contributed by atoms with E-state index in [-0.39, 0.29) is 45.7 Å². The van der Waals surface area contributed by atoms with E-state index < -0.39 is 53.2 Å². The molecule has 0 aromatic rings. The summed E-state index contributed by atoms with van der Waals surface area (Å²) >= 11 is 0. The van der Waals surface area contributed by atoms with Crippen LogP contribution < -0.4 is 0 Å². The molecule has 2 saturated heterocycles. The Bertz CT molecular complexity index is 733. The zero-order valence-electron chi connectivity index (χ0n) is 18.2. The maximum Gasteiger partial charge on any atom is 0.471 e. The van der Waals surface area contributed by atoms with Gasteiger partial charge in [-0.25, -0.2) is 0 Å². The summed E-state index contributed by atoms with van der Waals surface area (Å²) in [5, 5.41) is 0. The van der Waals surface area contributed by atoms with Gasteiger partial charge < -0.3 is 19.3 Å². The third-order valence-corrected chi connectivity index (χ3v) is 6.10. The van der Waals surface area contributed by atoms with Gasteiger partial charge in [0.25, 0.3) is 0 Å². The van der Waals surface area contributed by atoms with E-state index in [2.05, 4.69) is 0 Å². The van der Waals surface area contributed by atoms with Crippen LogP contribution in [0.5, 0.6) is 0 Å². The highest BCUT2D eigenvalue weighted by Crippen LogP contribution is 2.49. The van der Waals surface area contributed by atoms with Crippen molar-refractivity contribution in [2.45, 2.75) is 70.6 Å². The molecule has 2 aliphatic heterocycles. The Morgan fingerprint density at radius 1 is 0.875 bits per heavy atom. The van der Waals surface area contributed by atoms with E-state index >= 15 is 0 Å². The minimum atomic E-state index is -5.07. The molecule has 0 radical (unpaired) electrons. The van der Waals surface area contributed by atoms with Crippen LogP contribution in [0.2, 0.25) is 0 Å². The van der Waals surface area contributed by atoms with Crippen molar-refractivity contribution in [2.24, 2.45) is 10.8 Å². The standard InChI is InChI=1S/C20H28F6N2O4/c1-17(2)4-12(28(7-14-9-32-14)16(30)20(24,25)26)5-18(3,10-17)11-27(6-13-8-31-13)15(29)19(21,22)23/h12-14H,4-11H2,1-3H3. The fourth-order valence-electron chi connectivity index (χ4n) is 5.15. The van der Waals surface area contributed by atoms with Gasteiger partial charge in [0.2, 0.25) is 0 Å². The largest absolute Gasteiger partial charge is 0.471 e. The monoisotopic (exact) mass is 474 g/mol. The van der Waals surface area contributed by atoms with Gasteiger partial charge in [0.05, 0.1) is 25.4 Å². The second-order valence-corrected chi connectivity index (χ2v) is 10.3. The molecule has 0 aromatic carbocycles. The molecule has 0 N–H and O–H groups in total. The van der Waals surface area contributed by atoms with Gasteiger partial charge in [0, 0.05) is 25.7 Å². The Morgan fingerprint density at radius 2 is 1.38 bits per heavy atom. The first-order valence-electron chi connectivity index (χ1n) is 10.5. The number of halogens is 6. The summed E-state index contributed by atoms with van der Waals surface area (Å²) in [4.78, 5) is 25.7. The van der Waals surface area contributed by atoms with Crippen molar-refractivity contribution in [2.75, 3.05) is 32.8 Å². The molecular weight excluding hydrogens is 446 g/mol. The Balaban J connectivity index is 1.84. The summed E-state index contributed by atoms with van der Waals surface area (Å²) in [6.45, 7) is 5.03. The van der Waals surface area contributed by atoms with Crippen molar-refractivity contribution in [1.29, 1.82) is 0 Å². The highest BCUT2D eigenvalue weighted by Gasteiger charge is 2.52. The van der Waals surface area contributed by atoms with Crippen LogP contribution in [0.15, 0.2) is 0 Å². The molecule has 2 amide bonds. The highest BCUT2D eigenvalue weighted by atomic mass is 19.4. The van der Waals surface area contributed by atoms with E-state index in [1.165, 1.54) is 0 Å². The Labute approximate surface area is 182 Å². The van der Waals surface area contributed by atoms with Crippen LogP contribution in [-0.4, -0.2) is 85.1 Å². The van der Waals surface area contributed by atoms with E-state index in [0.717, 1.165) is 4.90 Å². The summed E-state index contributed by atoms with van der Waals surface area (Å²) < 4.78 is 89.4. The van der Waals surface area contributed by atoms with Crippen LogP contribution >= 0.6 is 0 Å². The first-order chi connectivity index (χ1) is 14.5. The SMILES string of the molecule is CC1(C)CC(N(CC2CO2)C(=O)C(F)(F)F)CC(C)(CN(CC2CO2)C(=O)C(F)(F)F)C1. The summed E-state index contributed by atoms with van der Waals surface area (Å²) in [6.07, 6.45) is -10.4. The predicted octanol–water partition coefficient (Wildman–Crippen LogP) is 3.15. The van der Waals surface area contributed by atoms with Crippen LogP contribution in [0.3, 0.4) is 0 Å². The van der Waals surface area contributed by atoms with Crippen LogP contribution in [0, 0.1) is 10.8 Å². The van der Waals surface area contributed by atoms with Crippen LogP contribution in [0.25, 0.3) is 0 Å². The van der Waals surface area contributed by atoms with Crippen LogP contribution in [0.4, 0.5) is 26.3 Å². The summed E-state index contributed by atoms with van der Waals surface area (Å²) in [5.74, 6) is -3.98. The van der Waals surface area contributed by atoms with Crippen molar-refractivity contribution >= 4 is 11.8 Å². The maximum absolute atomic E-state index is 13.3. The molecule has 4 unspecified atom stereocenters. The lowest BCUT2D eigenvalue weighted by molar-refractivity contribution is -0.192. The van der Waals surface area contributed by atoms with Crippen molar-refractivity contribution in [1.82, 2.24) is 9.80 Å². The van der Waals surface area contributed by atoms with Gasteiger partial charge >= 0.3 is 24.2 Å². The lowest BCUT2D eigenvalue weighted by Gasteiger charge is -2.51. The van der Waals surface area contributed by atoms with Gasteiger partial charge in [0.15, 0.2) is 0 Å². The molecular formula is C20H28F6N2O4. The molecule has 1 aliphatic carbocycles. The average Bonchev–Trinajstić information content (AvgIpc) is 3.49. The third kappa shape index (κ3) is 6.49. The van der Waals surface area contributed by atoms with Gasteiger partial charge in [-0.2, -0.15) is 26.3 Å². The molecule has 3 aliphatic rings. The zero-order valence-corrected chi connectivity index (χ0v) is 18.2. The van der Waals surface area contributed by atoms with Crippen molar-refractivity contribution in [3.8, 4) is 0 Å². The number of carbonyl (C=O) groups is 2. The number of ether oxygens (including phenoxy) is 2. The molecule has 12 heteroatoms. The van der Waals surface area contributed by atoms with Crippen molar-refractivity contribution < 1.29 is 45.4 Å². The minimum Gasteiger partial charge on any atom is -0.371 e. The summed E-state index contributed by atoms with van der Waals surface area (Å²) in [6, 6.07) is -0.845. The topological polar surface area (TPSA) is 65.7 Å². The fraction of sp³-hybridized carbons (Fsp3) is 0.900. The van der Waals surface area contributed by atoms with E-state index in [1.807, 2.05) is 0 Å². The average molecular weight is 474 g/mol. The first kappa shape index (κ1) is 25.1. The molecule has 0 aromatic heterocycles. The smallest absolute Gasteiger partial charge is 0.371 e. The first-order valence-corrected chi connectivity index (χ1v) is 10.5. The number of rotatable bonds is 7. The number of hydrogen-bond acceptors (Lipinski definition) is 4. The molecule has 0 bridgehead atoms. The fourth-order valence-corrected chi connectivity index (χ4v) is 5.15. The molecule has 4 atom stereocenters. The predicted molar refractivity (Wildman–Crippen MR) is 99.4 cm³/mol. The van der Waals surface area contributed by atoms with Gasteiger partial charge in [0.1, 0.15) is 0 Å². The van der Waals surface area contributed by atoms with Crippen LogP contribution in [0.1, 0.15) is 40.0 Å². The Hall–Kier alpha value is -1.56. The molecule has 1 saturated carbocycles. The van der Waals surface area contributed by atoms with Gasteiger partial charge in [-0.1, -0.05) is 20.8 Å². The number of amides is 2. The number of nitrogens with zero attached hydrogens (tertiary/aromatic N) is 2. The maximum atomic E-state index is 13.3. The number of epoxide rings is 2. The molecule has 3 rings (SSSR count). The number of alkyl halides is 6.